The number of ether oxygens (including phenoxy) is 1. The predicted octanol–water partition coefficient (Wildman–Crippen LogP) is 1.02. The fraction of sp³-hybridized carbons (Fsp3) is 0.111. The number of hydrogen-bond donors (Lipinski definition) is 3. The van der Waals surface area contributed by atoms with E-state index in [0.29, 0.717) is 5.56 Å². The van der Waals surface area contributed by atoms with Crippen LogP contribution in [0.1, 0.15) is 11.1 Å². The quantitative estimate of drug-likeness (QED) is 0.394. The summed E-state index contributed by atoms with van der Waals surface area (Å²) in [6.07, 6.45) is 2.21. The molecule has 0 atom stereocenters. The summed E-state index contributed by atoms with van der Waals surface area (Å²) >= 11 is 0. The van der Waals surface area contributed by atoms with Gasteiger partial charge >= 0.3 is 0 Å². The van der Waals surface area contributed by atoms with Gasteiger partial charge in [-0.2, -0.15) is 0 Å². The van der Waals surface area contributed by atoms with E-state index in [1.807, 2.05) is 0 Å². The number of phenolic OH excluding ortho intramolecular Hbond substituents is 1. The molecule has 1 aromatic carbocycles. The molecule has 0 fully saturated rings. The molecular formula is C9H10N2O4. The second kappa shape index (κ2) is 4.85. The fourth-order valence-electron chi connectivity index (χ4n) is 1.11. The molecule has 15 heavy (non-hydrogen) atoms. The minimum absolute atomic E-state index is 0.148. The normalized spacial score (nSPS) is 11.3. The van der Waals surface area contributed by atoms with Crippen LogP contribution in [0.15, 0.2) is 22.4 Å². The molecule has 0 unspecified atom stereocenters. The second-order valence-corrected chi connectivity index (χ2v) is 2.65. The Hall–Kier alpha value is -2.24. The Bertz CT molecular complexity index is 401. The maximum absolute atomic E-state index is 9.58. The molecule has 6 nitrogen and oxygen atoms in total. The Kier molecular flexibility index (Phi) is 3.50. The van der Waals surface area contributed by atoms with E-state index in [1.165, 1.54) is 19.2 Å². The molecule has 0 spiro atoms. The molecule has 1 aromatic rings. The number of benzene rings is 1. The molecule has 0 heterocycles. The summed E-state index contributed by atoms with van der Waals surface area (Å²) in [4.78, 5) is 0. The molecule has 0 aliphatic heterocycles. The van der Waals surface area contributed by atoms with Crippen LogP contribution in [0, 0.1) is 0 Å². The molecule has 0 saturated carbocycles. The lowest BCUT2D eigenvalue weighted by Crippen LogP contribution is -1.93. The molecule has 1 rings (SSSR count). The first-order valence-corrected chi connectivity index (χ1v) is 3.98. The van der Waals surface area contributed by atoms with Gasteiger partial charge in [-0.05, 0) is 12.1 Å². The summed E-state index contributed by atoms with van der Waals surface area (Å²) in [5.74, 6) is 0.0488. The lowest BCUT2D eigenvalue weighted by atomic mass is 10.1. The predicted molar refractivity (Wildman–Crippen MR) is 53.4 cm³/mol. The van der Waals surface area contributed by atoms with E-state index >= 15 is 0 Å². The third kappa shape index (κ3) is 2.37. The molecule has 0 radical (unpaired) electrons. The summed E-state index contributed by atoms with van der Waals surface area (Å²) < 4.78 is 4.88. The van der Waals surface area contributed by atoms with Crippen LogP contribution in [0.25, 0.3) is 0 Å². The molecule has 0 aliphatic rings. The van der Waals surface area contributed by atoms with Crippen LogP contribution < -0.4 is 4.74 Å². The van der Waals surface area contributed by atoms with Crippen molar-refractivity contribution in [2.45, 2.75) is 0 Å². The maximum Gasteiger partial charge on any atom is 0.166 e. The Morgan fingerprint density at radius 1 is 1.20 bits per heavy atom. The largest absolute Gasteiger partial charge is 0.504 e. The highest BCUT2D eigenvalue weighted by Crippen LogP contribution is 2.29. The summed E-state index contributed by atoms with van der Waals surface area (Å²) in [6.45, 7) is 0. The minimum Gasteiger partial charge on any atom is -0.504 e. The zero-order valence-corrected chi connectivity index (χ0v) is 7.95. The Labute approximate surface area is 85.7 Å². The van der Waals surface area contributed by atoms with Gasteiger partial charge in [0.15, 0.2) is 11.5 Å². The molecular weight excluding hydrogens is 200 g/mol. The number of phenols is 1. The summed E-state index contributed by atoms with van der Waals surface area (Å²) in [6, 6.07) is 2.95. The molecule has 3 N–H and O–H groups in total. The van der Waals surface area contributed by atoms with Crippen molar-refractivity contribution in [3.05, 3.63) is 23.3 Å². The van der Waals surface area contributed by atoms with E-state index in [2.05, 4.69) is 10.3 Å². The van der Waals surface area contributed by atoms with Crippen LogP contribution in [0.3, 0.4) is 0 Å². The third-order valence-corrected chi connectivity index (χ3v) is 1.75. The highest BCUT2D eigenvalue weighted by Gasteiger charge is 2.08. The number of nitrogens with zero attached hydrogens (tertiary/aromatic N) is 2. The van der Waals surface area contributed by atoms with Gasteiger partial charge in [0, 0.05) is 11.1 Å². The Morgan fingerprint density at radius 3 is 2.40 bits per heavy atom. The van der Waals surface area contributed by atoms with Gasteiger partial charge in [-0.15, -0.1) is 0 Å². The van der Waals surface area contributed by atoms with E-state index in [1.54, 1.807) is 0 Å². The molecule has 0 aromatic heterocycles. The Balaban J connectivity index is 3.31. The van der Waals surface area contributed by atoms with E-state index in [0.717, 1.165) is 12.4 Å². The van der Waals surface area contributed by atoms with Gasteiger partial charge in [-0.1, -0.05) is 10.3 Å². The van der Waals surface area contributed by atoms with Crippen LogP contribution in [-0.4, -0.2) is 35.1 Å². The van der Waals surface area contributed by atoms with E-state index in [-0.39, 0.29) is 17.1 Å². The lowest BCUT2D eigenvalue weighted by Gasteiger charge is -2.06. The van der Waals surface area contributed by atoms with Crippen molar-refractivity contribution < 1.29 is 20.3 Å². The first kappa shape index (κ1) is 10.8. The van der Waals surface area contributed by atoms with Crippen molar-refractivity contribution in [1.82, 2.24) is 0 Å². The van der Waals surface area contributed by atoms with Gasteiger partial charge < -0.3 is 20.3 Å². The van der Waals surface area contributed by atoms with Gasteiger partial charge in [0.1, 0.15) is 0 Å². The van der Waals surface area contributed by atoms with Crippen molar-refractivity contribution >= 4 is 12.4 Å². The zero-order chi connectivity index (χ0) is 11.3. The lowest BCUT2D eigenvalue weighted by molar-refractivity contribution is 0.321. The molecule has 0 bridgehead atoms. The van der Waals surface area contributed by atoms with Gasteiger partial charge in [-0.25, -0.2) is 0 Å². The van der Waals surface area contributed by atoms with Crippen LogP contribution in [0.5, 0.6) is 11.5 Å². The molecule has 0 saturated heterocycles. The average Bonchev–Trinajstić information content (AvgIpc) is 2.23. The first-order valence-electron chi connectivity index (χ1n) is 3.98. The van der Waals surface area contributed by atoms with Crippen molar-refractivity contribution in [3.8, 4) is 11.5 Å². The molecule has 6 heteroatoms. The van der Waals surface area contributed by atoms with Gasteiger partial charge in [-0.3, -0.25) is 0 Å². The number of methoxy groups -OCH3 is 1. The van der Waals surface area contributed by atoms with Crippen molar-refractivity contribution in [1.29, 1.82) is 0 Å². The smallest absolute Gasteiger partial charge is 0.166 e. The van der Waals surface area contributed by atoms with Crippen LogP contribution in [-0.2, 0) is 0 Å². The van der Waals surface area contributed by atoms with Crippen LogP contribution in [0.2, 0.25) is 0 Å². The topological polar surface area (TPSA) is 94.6 Å². The summed E-state index contributed by atoms with van der Waals surface area (Å²) in [5.41, 5.74) is 0.758. The number of aromatic hydroxyl groups is 1. The van der Waals surface area contributed by atoms with E-state index in [4.69, 9.17) is 15.2 Å². The monoisotopic (exact) mass is 210 g/mol. The molecule has 80 valence electrons. The molecule has 0 amide bonds. The third-order valence-electron chi connectivity index (χ3n) is 1.75. The SMILES string of the molecule is COc1cc(/C=N\O)cc(/C=N/O)c1O. The van der Waals surface area contributed by atoms with Gasteiger partial charge in [0.25, 0.3) is 0 Å². The zero-order valence-electron chi connectivity index (χ0n) is 7.95. The highest BCUT2D eigenvalue weighted by atomic mass is 16.5. The van der Waals surface area contributed by atoms with Crippen molar-refractivity contribution in [3.63, 3.8) is 0 Å². The maximum atomic E-state index is 9.58. The Morgan fingerprint density at radius 2 is 1.87 bits per heavy atom. The van der Waals surface area contributed by atoms with Crippen LogP contribution >= 0.6 is 0 Å². The highest BCUT2D eigenvalue weighted by molar-refractivity contribution is 5.90. The average molecular weight is 210 g/mol. The number of hydrogen-bond acceptors (Lipinski definition) is 6. The van der Waals surface area contributed by atoms with E-state index < -0.39 is 0 Å². The van der Waals surface area contributed by atoms with Crippen molar-refractivity contribution in [2.24, 2.45) is 10.3 Å². The first-order chi connectivity index (χ1) is 7.22. The minimum atomic E-state index is -0.148. The van der Waals surface area contributed by atoms with Gasteiger partial charge in [0.2, 0.25) is 0 Å². The van der Waals surface area contributed by atoms with E-state index in [9.17, 15) is 5.11 Å². The van der Waals surface area contributed by atoms with Crippen LogP contribution in [0.4, 0.5) is 0 Å². The number of oxime groups is 2. The standard InChI is InChI=1S/C9H10N2O4/c1-15-8-3-6(4-10-13)2-7(5-11-14)9(8)12/h2-5,12-14H,1H3/b10-4-,11-5+. The van der Waals surface area contributed by atoms with Gasteiger partial charge in [0.05, 0.1) is 19.5 Å². The second-order valence-electron chi connectivity index (χ2n) is 2.65. The summed E-state index contributed by atoms with van der Waals surface area (Å²) in [7, 11) is 1.38. The van der Waals surface area contributed by atoms with Crippen molar-refractivity contribution in [2.75, 3.05) is 7.11 Å². The molecule has 0 aliphatic carbocycles. The fourth-order valence-corrected chi connectivity index (χ4v) is 1.11. The summed E-state index contributed by atoms with van der Waals surface area (Å²) in [5, 5.41) is 31.9. The number of rotatable bonds is 3.